The number of rotatable bonds is 4. The van der Waals surface area contributed by atoms with Crippen molar-refractivity contribution in [1.29, 1.82) is 0 Å². The van der Waals surface area contributed by atoms with Gasteiger partial charge >= 0.3 is 0 Å². The number of thiophene rings is 1. The van der Waals surface area contributed by atoms with Gasteiger partial charge in [-0.15, -0.1) is 11.3 Å². The fourth-order valence-electron chi connectivity index (χ4n) is 2.91. The zero-order chi connectivity index (χ0) is 17.4. The maximum absolute atomic E-state index is 13.2. The average Bonchev–Trinajstić information content (AvgIpc) is 3.17. The number of amides is 1. The molecule has 0 spiro atoms. The van der Waals surface area contributed by atoms with Crippen molar-refractivity contribution >= 4 is 56.5 Å². The first-order valence-corrected chi connectivity index (χ1v) is 9.93. The van der Waals surface area contributed by atoms with Gasteiger partial charge in [-0.25, -0.2) is 14.4 Å². The number of aryl methyl sites for hydroxylation is 2. The van der Waals surface area contributed by atoms with E-state index in [4.69, 9.17) is 11.6 Å². The Morgan fingerprint density at radius 1 is 1.36 bits per heavy atom. The minimum absolute atomic E-state index is 0.0169. The second-order valence-corrected chi connectivity index (χ2v) is 8.14. The van der Waals surface area contributed by atoms with Crippen LogP contribution >= 0.6 is 34.7 Å². The predicted molar refractivity (Wildman–Crippen MR) is 100 cm³/mol. The van der Waals surface area contributed by atoms with Crippen molar-refractivity contribution in [2.45, 2.75) is 24.3 Å². The van der Waals surface area contributed by atoms with Crippen LogP contribution in [0.25, 0.3) is 10.2 Å². The number of benzene rings is 1. The highest BCUT2D eigenvalue weighted by Crippen LogP contribution is 2.40. The van der Waals surface area contributed by atoms with E-state index in [2.05, 4.69) is 15.3 Å². The molecule has 4 nitrogen and oxygen atoms in total. The van der Waals surface area contributed by atoms with E-state index in [1.54, 1.807) is 17.7 Å². The summed E-state index contributed by atoms with van der Waals surface area (Å²) in [6, 6.07) is 4.11. The van der Waals surface area contributed by atoms with Crippen molar-refractivity contribution in [2.24, 2.45) is 0 Å². The Morgan fingerprint density at radius 3 is 3.08 bits per heavy atom. The predicted octanol–water partition coefficient (Wildman–Crippen LogP) is 4.70. The standard InChI is InChI=1S/C17H13ClFN3OS2/c18-11-6-9(4-5-12(11)19)22-14(23)7-24-16-15-10-2-1-3-13(10)25-17(15)21-8-20-16/h4-6,8H,1-3,7H2,(H,22,23). The largest absolute Gasteiger partial charge is 0.325 e. The third kappa shape index (κ3) is 3.36. The van der Waals surface area contributed by atoms with Gasteiger partial charge in [0.25, 0.3) is 0 Å². The van der Waals surface area contributed by atoms with Crippen molar-refractivity contribution < 1.29 is 9.18 Å². The number of nitrogens with zero attached hydrogens (tertiary/aromatic N) is 2. The van der Waals surface area contributed by atoms with Crippen LogP contribution in [0.15, 0.2) is 29.6 Å². The molecule has 2 aromatic heterocycles. The summed E-state index contributed by atoms with van der Waals surface area (Å²) in [5, 5.41) is 4.65. The zero-order valence-corrected chi connectivity index (χ0v) is 15.4. The van der Waals surface area contributed by atoms with Crippen molar-refractivity contribution in [3.63, 3.8) is 0 Å². The molecule has 1 aliphatic rings. The smallest absolute Gasteiger partial charge is 0.234 e. The van der Waals surface area contributed by atoms with Crippen LogP contribution in [0.2, 0.25) is 5.02 Å². The quantitative estimate of drug-likeness (QED) is 0.515. The summed E-state index contributed by atoms with van der Waals surface area (Å²) >= 11 is 8.85. The van der Waals surface area contributed by atoms with Crippen LogP contribution in [0, 0.1) is 5.82 Å². The van der Waals surface area contributed by atoms with Gasteiger partial charge in [0.1, 0.15) is 22.0 Å². The molecule has 25 heavy (non-hydrogen) atoms. The lowest BCUT2D eigenvalue weighted by Gasteiger charge is -2.07. The first kappa shape index (κ1) is 16.8. The molecule has 1 amide bonds. The van der Waals surface area contributed by atoms with E-state index in [1.165, 1.54) is 46.8 Å². The van der Waals surface area contributed by atoms with E-state index in [-0.39, 0.29) is 16.7 Å². The topological polar surface area (TPSA) is 54.9 Å². The van der Waals surface area contributed by atoms with Crippen LogP contribution in [0.5, 0.6) is 0 Å². The Morgan fingerprint density at radius 2 is 2.24 bits per heavy atom. The van der Waals surface area contributed by atoms with Crippen LogP contribution in [0.4, 0.5) is 10.1 Å². The number of fused-ring (bicyclic) bond motifs is 3. The van der Waals surface area contributed by atoms with Gasteiger partial charge in [-0.3, -0.25) is 4.79 Å². The molecule has 0 unspecified atom stereocenters. The van der Waals surface area contributed by atoms with Gasteiger partial charge in [0.05, 0.1) is 10.8 Å². The SMILES string of the molecule is O=C(CSc1ncnc2sc3c(c12)CCC3)Nc1ccc(F)c(Cl)c1. The van der Waals surface area contributed by atoms with Crippen LogP contribution in [-0.4, -0.2) is 21.6 Å². The Labute approximate surface area is 156 Å². The zero-order valence-electron chi connectivity index (χ0n) is 13.0. The summed E-state index contributed by atoms with van der Waals surface area (Å²) in [6.45, 7) is 0. The molecule has 128 valence electrons. The molecule has 0 bridgehead atoms. The Balaban J connectivity index is 1.48. The van der Waals surface area contributed by atoms with E-state index in [0.717, 1.165) is 28.1 Å². The number of nitrogens with one attached hydrogen (secondary N) is 1. The number of aromatic nitrogens is 2. The summed E-state index contributed by atoms with van der Waals surface area (Å²) in [4.78, 5) is 23.3. The summed E-state index contributed by atoms with van der Waals surface area (Å²) in [5.41, 5.74) is 1.81. The van der Waals surface area contributed by atoms with Crippen LogP contribution < -0.4 is 5.32 Å². The molecule has 0 radical (unpaired) electrons. The lowest BCUT2D eigenvalue weighted by atomic mass is 10.2. The molecule has 0 atom stereocenters. The molecule has 8 heteroatoms. The third-order valence-corrected chi connectivity index (χ3v) is 6.49. The number of carbonyl (C=O) groups is 1. The highest BCUT2D eigenvalue weighted by atomic mass is 35.5. The fraction of sp³-hybridized carbons (Fsp3) is 0.235. The number of halogens is 2. The fourth-order valence-corrected chi connectivity index (χ4v) is 5.21. The van der Waals surface area contributed by atoms with Gasteiger partial charge in [0.15, 0.2) is 0 Å². The molecule has 0 saturated heterocycles. The second-order valence-electron chi connectivity index (χ2n) is 5.68. The minimum atomic E-state index is -0.510. The monoisotopic (exact) mass is 393 g/mol. The van der Waals surface area contributed by atoms with E-state index in [1.807, 2.05) is 0 Å². The summed E-state index contributed by atoms with van der Waals surface area (Å²) in [6.07, 6.45) is 4.87. The minimum Gasteiger partial charge on any atom is -0.325 e. The Kier molecular flexibility index (Phi) is 4.62. The molecular formula is C17H13ClFN3OS2. The first-order valence-electron chi connectivity index (χ1n) is 7.75. The van der Waals surface area contributed by atoms with E-state index in [0.29, 0.717) is 5.69 Å². The maximum Gasteiger partial charge on any atom is 0.234 e. The van der Waals surface area contributed by atoms with Crippen molar-refractivity contribution in [1.82, 2.24) is 9.97 Å². The van der Waals surface area contributed by atoms with Crippen molar-refractivity contribution in [3.8, 4) is 0 Å². The van der Waals surface area contributed by atoms with Crippen LogP contribution in [0.1, 0.15) is 16.9 Å². The number of hydrogen-bond donors (Lipinski definition) is 1. The molecule has 1 aromatic carbocycles. The van der Waals surface area contributed by atoms with Crippen molar-refractivity contribution in [3.05, 3.63) is 45.8 Å². The number of hydrogen-bond acceptors (Lipinski definition) is 5. The highest BCUT2D eigenvalue weighted by Gasteiger charge is 2.21. The highest BCUT2D eigenvalue weighted by molar-refractivity contribution is 8.00. The summed E-state index contributed by atoms with van der Waals surface area (Å²) in [7, 11) is 0. The first-order chi connectivity index (χ1) is 12.1. The molecular weight excluding hydrogens is 381 g/mol. The summed E-state index contributed by atoms with van der Waals surface area (Å²) in [5.74, 6) is -0.485. The molecule has 0 fully saturated rings. The molecule has 0 aliphatic heterocycles. The molecule has 4 rings (SSSR count). The lowest BCUT2D eigenvalue weighted by Crippen LogP contribution is -2.14. The van der Waals surface area contributed by atoms with E-state index < -0.39 is 5.82 Å². The van der Waals surface area contributed by atoms with E-state index in [9.17, 15) is 9.18 Å². The van der Waals surface area contributed by atoms with E-state index >= 15 is 0 Å². The van der Waals surface area contributed by atoms with Gasteiger partial charge in [-0.2, -0.15) is 0 Å². The Bertz CT molecular complexity index is 976. The number of anilines is 1. The molecule has 3 aromatic rings. The molecule has 1 N–H and O–H groups in total. The number of carbonyl (C=O) groups excluding carboxylic acids is 1. The Hall–Kier alpha value is -1.70. The summed E-state index contributed by atoms with van der Waals surface area (Å²) < 4.78 is 13.2. The van der Waals surface area contributed by atoms with Crippen molar-refractivity contribution in [2.75, 3.05) is 11.1 Å². The van der Waals surface area contributed by atoms with Gasteiger partial charge < -0.3 is 5.32 Å². The lowest BCUT2D eigenvalue weighted by molar-refractivity contribution is -0.113. The van der Waals surface area contributed by atoms with Gasteiger partial charge in [0.2, 0.25) is 5.91 Å². The van der Waals surface area contributed by atoms with Crippen LogP contribution in [-0.2, 0) is 17.6 Å². The average molecular weight is 394 g/mol. The normalized spacial score (nSPS) is 13.2. The molecule has 1 aliphatic carbocycles. The van der Waals surface area contributed by atoms with Gasteiger partial charge in [0, 0.05) is 16.0 Å². The maximum atomic E-state index is 13.2. The van der Waals surface area contributed by atoms with Gasteiger partial charge in [-0.05, 0) is 43.0 Å². The third-order valence-electron chi connectivity index (χ3n) is 4.01. The second kappa shape index (κ2) is 6.90. The van der Waals surface area contributed by atoms with Gasteiger partial charge in [-0.1, -0.05) is 23.4 Å². The number of thioether (sulfide) groups is 1. The van der Waals surface area contributed by atoms with Crippen LogP contribution in [0.3, 0.4) is 0 Å². The molecule has 0 saturated carbocycles. The molecule has 2 heterocycles.